The van der Waals surface area contributed by atoms with Crippen LogP contribution in [0.4, 0.5) is 5.69 Å². The van der Waals surface area contributed by atoms with Crippen molar-refractivity contribution in [1.29, 1.82) is 0 Å². The SMILES string of the molecule is CC(C)(C)c1cc(C(C)(C)C)n(-c2ccc(N=Cc3ccccc3O)cc2)n1. The molecule has 0 bridgehead atoms. The highest BCUT2D eigenvalue weighted by Crippen LogP contribution is 2.31. The summed E-state index contributed by atoms with van der Waals surface area (Å²) in [5.41, 5.74) is 4.78. The van der Waals surface area contributed by atoms with Gasteiger partial charge in [0, 0.05) is 28.3 Å². The summed E-state index contributed by atoms with van der Waals surface area (Å²) in [4.78, 5) is 4.47. The smallest absolute Gasteiger partial charge is 0.124 e. The van der Waals surface area contributed by atoms with E-state index in [1.54, 1.807) is 18.3 Å². The number of phenols is 1. The molecule has 1 aromatic heterocycles. The van der Waals surface area contributed by atoms with Crippen LogP contribution in [0.25, 0.3) is 5.69 Å². The van der Waals surface area contributed by atoms with Gasteiger partial charge in [-0.15, -0.1) is 0 Å². The fourth-order valence-electron chi connectivity index (χ4n) is 2.90. The van der Waals surface area contributed by atoms with Crippen molar-refractivity contribution in [2.24, 2.45) is 4.99 Å². The molecule has 28 heavy (non-hydrogen) atoms. The van der Waals surface area contributed by atoms with Gasteiger partial charge in [0.2, 0.25) is 0 Å². The first kappa shape index (κ1) is 19.9. The Hall–Kier alpha value is -2.88. The maximum absolute atomic E-state index is 9.85. The van der Waals surface area contributed by atoms with E-state index in [0.717, 1.165) is 17.1 Å². The van der Waals surface area contributed by atoms with Crippen LogP contribution in [0.15, 0.2) is 59.6 Å². The second-order valence-electron chi connectivity index (χ2n) is 9.16. The first-order valence-electron chi connectivity index (χ1n) is 9.59. The number of aromatic nitrogens is 2. The molecule has 3 rings (SSSR count). The molecule has 0 aliphatic rings. The average molecular weight is 376 g/mol. The minimum absolute atomic E-state index is 0.00678. The maximum Gasteiger partial charge on any atom is 0.124 e. The Morgan fingerprint density at radius 2 is 1.54 bits per heavy atom. The summed E-state index contributed by atoms with van der Waals surface area (Å²) in [5, 5.41) is 14.8. The first-order valence-corrected chi connectivity index (χ1v) is 9.59. The number of hydrogen-bond donors (Lipinski definition) is 1. The van der Waals surface area contributed by atoms with Crippen LogP contribution in [0.3, 0.4) is 0 Å². The van der Waals surface area contributed by atoms with Gasteiger partial charge < -0.3 is 5.11 Å². The van der Waals surface area contributed by atoms with Gasteiger partial charge in [0.1, 0.15) is 5.75 Å². The Kier molecular flexibility index (Phi) is 5.16. The van der Waals surface area contributed by atoms with Gasteiger partial charge in [-0.25, -0.2) is 4.68 Å². The lowest BCUT2D eigenvalue weighted by Crippen LogP contribution is -2.17. The van der Waals surface area contributed by atoms with Crippen molar-refractivity contribution in [3.63, 3.8) is 0 Å². The highest BCUT2D eigenvalue weighted by atomic mass is 16.3. The molecule has 0 fully saturated rings. The molecule has 0 unspecified atom stereocenters. The van der Waals surface area contributed by atoms with Crippen LogP contribution in [0, 0.1) is 0 Å². The number of benzene rings is 2. The summed E-state index contributed by atoms with van der Waals surface area (Å²) in [6.07, 6.45) is 1.68. The third kappa shape index (κ3) is 4.33. The van der Waals surface area contributed by atoms with Gasteiger partial charge in [0.05, 0.1) is 17.1 Å². The summed E-state index contributed by atoms with van der Waals surface area (Å²) >= 11 is 0. The van der Waals surface area contributed by atoms with Crippen LogP contribution in [0.5, 0.6) is 5.75 Å². The molecule has 0 aliphatic heterocycles. The number of phenolic OH excluding ortho intramolecular Hbond substituents is 1. The highest BCUT2D eigenvalue weighted by molar-refractivity contribution is 5.85. The molecule has 1 N–H and O–H groups in total. The molecule has 4 heteroatoms. The van der Waals surface area contributed by atoms with E-state index in [-0.39, 0.29) is 16.6 Å². The molecule has 0 spiro atoms. The Morgan fingerprint density at radius 3 is 2.11 bits per heavy atom. The van der Waals surface area contributed by atoms with Gasteiger partial charge in [0.15, 0.2) is 0 Å². The third-order valence-electron chi connectivity index (χ3n) is 4.63. The summed E-state index contributed by atoms with van der Waals surface area (Å²) < 4.78 is 2.04. The average Bonchev–Trinajstić information content (AvgIpc) is 3.08. The van der Waals surface area contributed by atoms with Crippen LogP contribution in [-0.4, -0.2) is 21.1 Å². The maximum atomic E-state index is 9.85. The summed E-state index contributed by atoms with van der Waals surface area (Å²) in [7, 11) is 0. The summed E-state index contributed by atoms with van der Waals surface area (Å²) in [6.45, 7) is 13.2. The van der Waals surface area contributed by atoms with Crippen molar-refractivity contribution < 1.29 is 5.11 Å². The van der Waals surface area contributed by atoms with E-state index in [1.807, 2.05) is 41.1 Å². The quantitative estimate of drug-likeness (QED) is 0.577. The van der Waals surface area contributed by atoms with Crippen LogP contribution in [0.1, 0.15) is 58.5 Å². The van der Waals surface area contributed by atoms with E-state index in [1.165, 1.54) is 5.69 Å². The van der Waals surface area contributed by atoms with Crippen molar-refractivity contribution in [2.45, 2.75) is 52.4 Å². The Morgan fingerprint density at radius 1 is 0.893 bits per heavy atom. The lowest BCUT2D eigenvalue weighted by molar-refractivity contribution is 0.474. The van der Waals surface area contributed by atoms with Crippen molar-refractivity contribution >= 4 is 11.9 Å². The van der Waals surface area contributed by atoms with Gasteiger partial charge in [-0.3, -0.25) is 4.99 Å². The number of aromatic hydroxyl groups is 1. The summed E-state index contributed by atoms with van der Waals surface area (Å²) in [5.74, 6) is 0.226. The minimum atomic E-state index is -0.0157. The molecule has 0 radical (unpaired) electrons. The van der Waals surface area contributed by atoms with Crippen molar-refractivity contribution in [2.75, 3.05) is 0 Å². The Labute approximate surface area is 167 Å². The topological polar surface area (TPSA) is 50.4 Å². The lowest BCUT2D eigenvalue weighted by Gasteiger charge is -2.20. The summed E-state index contributed by atoms with van der Waals surface area (Å²) in [6, 6.07) is 17.4. The van der Waals surface area contributed by atoms with Crippen molar-refractivity contribution in [3.05, 3.63) is 71.5 Å². The van der Waals surface area contributed by atoms with Crippen LogP contribution in [-0.2, 0) is 10.8 Å². The molecule has 0 amide bonds. The highest BCUT2D eigenvalue weighted by Gasteiger charge is 2.26. The van der Waals surface area contributed by atoms with E-state index in [2.05, 4.69) is 52.6 Å². The molecule has 0 saturated carbocycles. The molecule has 2 aromatic carbocycles. The third-order valence-corrected chi connectivity index (χ3v) is 4.63. The molecule has 1 heterocycles. The van der Waals surface area contributed by atoms with E-state index in [0.29, 0.717) is 5.56 Å². The van der Waals surface area contributed by atoms with E-state index < -0.39 is 0 Å². The number of hydrogen-bond acceptors (Lipinski definition) is 3. The zero-order chi connectivity index (χ0) is 20.5. The monoisotopic (exact) mass is 375 g/mol. The molecule has 3 aromatic rings. The standard InChI is InChI=1S/C24H29N3O/c1-23(2,3)21-15-22(24(4,5)6)27(26-21)19-13-11-18(12-14-19)25-16-17-9-7-8-10-20(17)28/h7-16,28H,1-6H3. The van der Waals surface area contributed by atoms with Crippen LogP contribution >= 0.6 is 0 Å². The van der Waals surface area contributed by atoms with Crippen LogP contribution in [0.2, 0.25) is 0 Å². The number of nitrogens with zero attached hydrogens (tertiary/aromatic N) is 3. The Balaban J connectivity index is 1.93. The second-order valence-corrected chi connectivity index (χ2v) is 9.16. The normalized spacial score (nSPS) is 12.6. The predicted octanol–water partition coefficient (Wildman–Crippen LogP) is 5.92. The first-order chi connectivity index (χ1) is 13.1. The minimum Gasteiger partial charge on any atom is -0.507 e. The number of rotatable bonds is 3. The molecule has 0 saturated heterocycles. The number of aliphatic imine (C=N–C) groups is 1. The van der Waals surface area contributed by atoms with E-state index in [9.17, 15) is 5.11 Å². The molecule has 0 aliphatic carbocycles. The van der Waals surface area contributed by atoms with E-state index >= 15 is 0 Å². The lowest BCUT2D eigenvalue weighted by atomic mass is 9.88. The van der Waals surface area contributed by atoms with Gasteiger partial charge in [-0.2, -0.15) is 5.10 Å². The fraction of sp³-hybridized carbons (Fsp3) is 0.333. The van der Waals surface area contributed by atoms with E-state index in [4.69, 9.17) is 5.10 Å². The number of para-hydroxylation sites is 1. The predicted molar refractivity (Wildman–Crippen MR) is 116 cm³/mol. The van der Waals surface area contributed by atoms with Crippen LogP contribution < -0.4 is 0 Å². The zero-order valence-corrected chi connectivity index (χ0v) is 17.6. The molecule has 4 nitrogen and oxygen atoms in total. The second kappa shape index (κ2) is 7.27. The van der Waals surface area contributed by atoms with Gasteiger partial charge >= 0.3 is 0 Å². The molecular formula is C24H29N3O. The van der Waals surface area contributed by atoms with Crippen molar-refractivity contribution in [3.8, 4) is 11.4 Å². The van der Waals surface area contributed by atoms with Gasteiger partial charge in [-0.1, -0.05) is 53.7 Å². The largest absolute Gasteiger partial charge is 0.507 e. The fourth-order valence-corrected chi connectivity index (χ4v) is 2.90. The molecule has 146 valence electrons. The van der Waals surface area contributed by atoms with Gasteiger partial charge in [0.25, 0.3) is 0 Å². The zero-order valence-electron chi connectivity index (χ0n) is 17.6. The van der Waals surface area contributed by atoms with Crippen molar-refractivity contribution in [1.82, 2.24) is 9.78 Å². The molecular weight excluding hydrogens is 346 g/mol. The molecule has 0 atom stereocenters. The Bertz CT molecular complexity index is 984. The van der Waals surface area contributed by atoms with Gasteiger partial charge in [-0.05, 0) is 42.5 Å².